The predicted octanol–water partition coefficient (Wildman–Crippen LogP) is 3.37. The Labute approximate surface area is 151 Å². The SMILES string of the molecule is CC(Oc1ccccc1F)C(=O)NNC(=O)c1ccc(SC(F)F)cc1. The highest BCUT2D eigenvalue weighted by Gasteiger charge is 2.17. The molecule has 0 aliphatic carbocycles. The molecular weight excluding hydrogens is 369 g/mol. The first-order valence-corrected chi connectivity index (χ1v) is 8.31. The van der Waals surface area contributed by atoms with Gasteiger partial charge in [-0.3, -0.25) is 20.4 Å². The Kier molecular flexibility index (Phi) is 6.90. The van der Waals surface area contributed by atoms with E-state index in [1.165, 1.54) is 49.4 Å². The zero-order chi connectivity index (χ0) is 19.1. The standard InChI is InChI=1S/C17H15F3N2O3S/c1-10(25-14-5-3-2-4-13(14)18)15(23)21-22-16(24)11-6-8-12(9-7-11)26-17(19)20/h2-10,17H,1H3,(H,21,23)(H,22,24). The van der Waals surface area contributed by atoms with Gasteiger partial charge in [0.2, 0.25) is 0 Å². The third-order valence-corrected chi connectivity index (χ3v) is 3.87. The Hall–Kier alpha value is -2.68. The second-order valence-electron chi connectivity index (χ2n) is 5.04. The Morgan fingerprint density at radius 1 is 1.04 bits per heavy atom. The fourth-order valence-electron chi connectivity index (χ4n) is 1.86. The van der Waals surface area contributed by atoms with Crippen LogP contribution < -0.4 is 15.6 Å². The highest BCUT2D eigenvalue weighted by atomic mass is 32.2. The quantitative estimate of drug-likeness (QED) is 0.592. The first-order chi connectivity index (χ1) is 12.4. The van der Waals surface area contributed by atoms with Crippen molar-refractivity contribution >= 4 is 23.6 Å². The molecule has 2 N–H and O–H groups in total. The van der Waals surface area contributed by atoms with E-state index in [1.54, 1.807) is 6.07 Å². The van der Waals surface area contributed by atoms with E-state index in [9.17, 15) is 22.8 Å². The van der Waals surface area contributed by atoms with Gasteiger partial charge in [0.1, 0.15) is 0 Å². The van der Waals surface area contributed by atoms with Crippen molar-refractivity contribution in [1.82, 2.24) is 10.9 Å². The molecule has 1 unspecified atom stereocenters. The fraction of sp³-hybridized carbons (Fsp3) is 0.176. The van der Waals surface area contributed by atoms with Gasteiger partial charge in [-0.1, -0.05) is 23.9 Å². The van der Waals surface area contributed by atoms with Gasteiger partial charge in [0.15, 0.2) is 17.7 Å². The van der Waals surface area contributed by atoms with Gasteiger partial charge in [-0.05, 0) is 43.3 Å². The van der Waals surface area contributed by atoms with E-state index < -0.39 is 29.5 Å². The minimum atomic E-state index is -2.55. The molecule has 1 atom stereocenters. The summed E-state index contributed by atoms with van der Waals surface area (Å²) in [5.74, 6) is -4.58. The first-order valence-electron chi connectivity index (χ1n) is 7.43. The van der Waals surface area contributed by atoms with Gasteiger partial charge in [-0.2, -0.15) is 8.78 Å². The molecule has 0 heterocycles. The average molecular weight is 384 g/mol. The normalized spacial score (nSPS) is 11.7. The van der Waals surface area contributed by atoms with Gasteiger partial charge >= 0.3 is 0 Å². The van der Waals surface area contributed by atoms with Crippen LogP contribution in [0, 0.1) is 5.82 Å². The van der Waals surface area contributed by atoms with E-state index in [1.807, 2.05) is 0 Å². The largest absolute Gasteiger partial charge is 0.478 e. The Bertz CT molecular complexity index is 772. The molecule has 0 fully saturated rings. The van der Waals surface area contributed by atoms with Gasteiger partial charge in [0, 0.05) is 10.5 Å². The number of hydrogen-bond donors (Lipinski definition) is 2. The van der Waals surface area contributed by atoms with E-state index in [-0.39, 0.29) is 11.3 Å². The summed E-state index contributed by atoms with van der Waals surface area (Å²) in [5, 5.41) is 0. The van der Waals surface area contributed by atoms with Crippen molar-refractivity contribution in [2.45, 2.75) is 23.7 Å². The number of carbonyl (C=O) groups is 2. The number of carbonyl (C=O) groups excluding carboxylic acids is 2. The molecule has 0 bridgehead atoms. The molecule has 26 heavy (non-hydrogen) atoms. The molecule has 0 aliphatic rings. The summed E-state index contributed by atoms with van der Waals surface area (Å²) in [4.78, 5) is 24.2. The number of halogens is 3. The van der Waals surface area contributed by atoms with Gasteiger partial charge in [-0.25, -0.2) is 4.39 Å². The van der Waals surface area contributed by atoms with Gasteiger partial charge in [0.05, 0.1) is 0 Å². The zero-order valence-corrected chi connectivity index (χ0v) is 14.4. The molecule has 0 saturated heterocycles. The Balaban J connectivity index is 1.86. The summed E-state index contributed by atoms with van der Waals surface area (Å²) in [6.45, 7) is 1.39. The molecule has 0 aliphatic heterocycles. The molecule has 2 aromatic rings. The van der Waals surface area contributed by atoms with Crippen molar-refractivity contribution in [1.29, 1.82) is 0 Å². The van der Waals surface area contributed by atoms with Crippen molar-refractivity contribution < 1.29 is 27.5 Å². The zero-order valence-electron chi connectivity index (χ0n) is 13.5. The number of alkyl halides is 2. The monoisotopic (exact) mass is 384 g/mol. The van der Waals surface area contributed by atoms with Crippen LogP contribution in [0.15, 0.2) is 53.4 Å². The highest BCUT2D eigenvalue weighted by Crippen LogP contribution is 2.25. The van der Waals surface area contributed by atoms with Crippen LogP contribution >= 0.6 is 11.8 Å². The lowest BCUT2D eigenvalue weighted by atomic mass is 10.2. The van der Waals surface area contributed by atoms with E-state index in [0.29, 0.717) is 16.7 Å². The van der Waals surface area contributed by atoms with Gasteiger partial charge in [0.25, 0.3) is 17.6 Å². The number of hydrogen-bond acceptors (Lipinski definition) is 4. The molecule has 0 spiro atoms. The number of amides is 2. The Morgan fingerprint density at radius 3 is 2.31 bits per heavy atom. The van der Waals surface area contributed by atoms with Crippen molar-refractivity contribution in [3.8, 4) is 5.75 Å². The lowest BCUT2D eigenvalue weighted by molar-refractivity contribution is -0.128. The lowest BCUT2D eigenvalue weighted by Gasteiger charge is -2.15. The number of thioether (sulfide) groups is 1. The molecule has 2 aromatic carbocycles. The van der Waals surface area contributed by atoms with E-state index >= 15 is 0 Å². The molecule has 138 valence electrons. The average Bonchev–Trinajstić information content (AvgIpc) is 2.61. The van der Waals surface area contributed by atoms with Crippen LogP contribution in [-0.4, -0.2) is 23.7 Å². The first kappa shape index (κ1) is 19.6. The molecular formula is C17H15F3N2O3S. The second-order valence-corrected chi connectivity index (χ2v) is 6.10. The topological polar surface area (TPSA) is 67.4 Å². The Morgan fingerprint density at radius 2 is 1.69 bits per heavy atom. The van der Waals surface area contributed by atoms with Crippen LogP contribution in [0.2, 0.25) is 0 Å². The van der Waals surface area contributed by atoms with E-state index in [2.05, 4.69) is 10.9 Å². The molecule has 0 radical (unpaired) electrons. The maximum atomic E-state index is 13.5. The minimum absolute atomic E-state index is 0.0893. The number of hydrazine groups is 1. The number of rotatable bonds is 6. The predicted molar refractivity (Wildman–Crippen MR) is 90.4 cm³/mol. The maximum absolute atomic E-state index is 13.5. The van der Waals surface area contributed by atoms with Gasteiger partial charge in [-0.15, -0.1) is 0 Å². The number of ether oxygens (including phenoxy) is 1. The third kappa shape index (κ3) is 5.69. The van der Waals surface area contributed by atoms with Crippen molar-refractivity contribution in [3.05, 3.63) is 59.9 Å². The number of nitrogens with one attached hydrogen (secondary N) is 2. The summed E-state index contributed by atoms with van der Waals surface area (Å²) in [6.07, 6.45) is -1.06. The van der Waals surface area contributed by atoms with Crippen LogP contribution in [0.3, 0.4) is 0 Å². The molecule has 0 saturated carbocycles. The fourth-order valence-corrected chi connectivity index (χ4v) is 2.36. The number of para-hydroxylation sites is 1. The van der Waals surface area contributed by atoms with Crippen LogP contribution in [0.4, 0.5) is 13.2 Å². The lowest BCUT2D eigenvalue weighted by Crippen LogP contribution is -2.47. The molecule has 5 nitrogen and oxygen atoms in total. The third-order valence-electron chi connectivity index (χ3n) is 3.15. The second kappa shape index (κ2) is 9.14. The van der Waals surface area contributed by atoms with Gasteiger partial charge < -0.3 is 4.74 Å². The van der Waals surface area contributed by atoms with Crippen molar-refractivity contribution in [2.75, 3.05) is 0 Å². The van der Waals surface area contributed by atoms with Crippen molar-refractivity contribution in [3.63, 3.8) is 0 Å². The van der Waals surface area contributed by atoms with Crippen LogP contribution in [0.5, 0.6) is 5.75 Å². The summed E-state index contributed by atoms with van der Waals surface area (Å²) in [7, 11) is 0. The van der Waals surface area contributed by atoms with E-state index in [0.717, 1.165) is 0 Å². The molecule has 9 heteroatoms. The van der Waals surface area contributed by atoms with Crippen molar-refractivity contribution in [2.24, 2.45) is 0 Å². The summed E-state index contributed by atoms with van der Waals surface area (Å²) in [6, 6.07) is 11.1. The molecule has 0 aromatic heterocycles. The summed E-state index contributed by atoms with van der Waals surface area (Å²) >= 11 is 0.361. The highest BCUT2D eigenvalue weighted by molar-refractivity contribution is 7.99. The summed E-state index contributed by atoms with van der Waals surface area (Å²) < 4.78 is 43.2. The van der Waals surface area contributed by atoms with Crippen LogP contribution in [-0.2, 0) is 4.79 Å². The molecule has 2 amide bonds. The summed E-state index contributed by atoms with van der Waals surface area (Å²) in [5.41, 5.74) is 4.50. The smallest absolute Gasteiger partial charge is 0.288 e. The maximum Gasteiger partial charge on any atom is 0.288 e. The van der Waals surface area contributed by atoms with Crippen LogP contribution in [0.25, 0.3) is 0 Å². The minimum Gasteiger partial charge on any atom is -0.478 e. The molecule has 2 rings (SSSR count). The number of benzene rings is 2. The van der Waals surface area contributed by atoms with E-state index in [4.69, 9.17) is 4.74 Å². The van der Waals surface area contributed by atoms with Crippen LogP contribution in [0.1, 0.15) is 17.3 Å².